The van der Waals surface area contributed by atoms with Gasteiger partial charge in [-0.3, -0.25) is 9.59 Å². The molecule has 3 aromatic rings. The number of benzene rings is 3. The summed E-state index contributed by atoms with van der Waals surface area (Å²) < 4.78 is 34.3. The van der Waals surface area contributed by atoms with Gasteiger partial charge in [-0.1, -0.05) is 75.2 Å². The number of hydrogen-bond donors (Lipinski definition) is 3. The maximum atomic E-state index is 14.1. The van der Waals surface area contributed by atoms with Crippen LogP contribution in [0.3, 0.4) is 0 Å². The summed E-state index contributed by atoms with van der Waals surface area (Å²) in [5.74, 6) is -0.576. The van der Waals surface area contributed by atoms with Crippen molar-refractivity contribution in [3.63, 3.8) is 0 Å². The number of hydrogen-bond acceptors (Lipinski definition) is 8. The lowest BCUT2D eigenvalue weighted by atomic mass is 9.81. The molecule has 45 heavy (non-hydrogen) atoms. The molecule has 0 radical (unpaired) electrons. The number of anilines is 2. The van der Waals surface area contributed by atoms with Crippen LogP contribution in [0.4, 0.5) is 11.4 Å². The highest BCUT2D eigenvalue weighted by Gasteiger charge is 2.42. The highest BCUT2D eigenvalue weighted by molar-refractivity contribution is 7.98. The molecule has 4 N–H and O–H groups in total. The van der Waals surface area contributed by atoms with Crippen LogP contribution in [0, 0.1) is 5.41 Å². The van der Waals surface area contributed by atoms with E-state index in [0.29, 0.717) is 28.4 Å². The lowest BCUT2D eigenvalue weighted by Crippen LogP contribution is -2.43. The maximum absolute atomic E-state index is 14.1. The summed E-state index contributed by atoms with van der Waals surface area (Å²) in [5.41, 5.74) is 7.26. The number of amides is 2. The van der Waals surface area contributed by atoms with E-state index in [4.69, 9.17) is 10.5 Å². The molecule has 0 saturated carbocycles. The van der Waals surface area contributed by atoms with Gasteiger partial charge in [0.25, 0.3) is 5.91 Å². The highest BCUT2D eigenvalue weighted by atomic mass is 32.2. The molecule has 4 rings (SSSR count). The second-order valence-electron chi connectivity index (χ2n) is 11.4. The molecule has 1 aliphatic rings. The van der Waals surface area contributed by atoms with Crippen LogP contribution >= 0.6 is 11.8 Å². The Morgan fingerprint density at radius 1 is 1.07 bits per heavy atom. The molecule has 0 fully saturated rings. The standard InChI is InChI=1S/C34H44N4O5S2/c1-4-6-17-34(5-2)23-38(26-15-11-8-12-16-26)27-20-29(44-3)28(21-30(27)45(41,42)24-34)43-22-31(39)37-32(33(40)36-19-18-35)25-13-9-7-10-14-25/h7-16,20-21,32H,4-6,17-19,22-24,35H2,1-3H3,(H,36,40)(H,37,39)/t32-,34?/m1/s1. The van der Waals surface area contributed by atoms with Gasteiger partial charge in [0.2, 0.25) is 5.91 Å². The van der Waals surface area contributed by atoms with Crippen molar-refractivity contribution < 1.29 is 22.7 Å². The third kappa shape index (κ3) is 8.39. The number of ether oxygens (including phenoxy) is 1. The zero-order chi connectivity index (χ0) is 32.5. The van der Waals surface area contributed by atoms with Gasteiger partial charge in [0.15, 0.2) is 16.4 Å². The van der Waals surface area contributed by atoms with Crippen LogP contribution in [-0.2, 0) is 19.4 Å². The number of rotatable bonds is 14. The van der Waals surface area contributed by atoms with Crippen molar-refractivity contribution in [2.75, 3.05) is 43.1 Å². The second-order valence-corrected chi connectivity index (χ2v) is 14.2. The Bertz CT molecular complexity index is 1550. The normalized spacial score (nSPS) is 17.9. The van der Waals surface area contributed by atoms with Crippen LogP contribution in [0.5, 0.6) is 5.75 Å². The van der Waals surface area contributed by atoms with Gasteiger partial charge in [0, 0.05) is 36.8 Å². The van der Waals surface area contributed by atoms with Gasteiger partial charge in [-0.25, -0.2) is 8.42 Å². The van der Waals surface area contributed by atoms with Crippen LogP contribution in [0.15, 0.2) is 82.6 Å². The van der Waals surface area contributed by atoms with E-state index in [1.165, 1.54) is 11.8 Å². The van der Waals surface area contributed by atoms with E-state index in [2.05, 4.69) is 29.4 Å². The molecule has 2 atom stereocenters. The third-order valence-electron chi connectivity index (χ3n) is 8.24. The first-order chi connectivity index (χ1) is 21.7. The molecule has 1 unspecified atom stereocenters. The fourth-order valence-corrected chi connectivity index (χ4v) is 8.46. The fraction of sp³-hybridized carbons (Fsp3) is 0.412. The molecule has 1 heterocycles. The van der Waals surface area contributed by atoms with E-state index >= 15 is 0 Å². The number of carbonyl (C=O) groups excluding carboxylic acids is 2. The predicted octanol–water partition coefficient (Wildman–Crippen LogP) is 5.23. The lowest BCUT2D eigenvalue weighted by molar-refractivity contribution is -0.130. The average molecular weight is 653 g/mol. The average Bonchev–Trinajstić information content (AvgIpc) is 3.16. The minimum Gasteiger partial charge on any atom is -0.483 e. The Balaban J connectivity index is 1.67. The molecule has 11 heteroatoms. The van der Waals surface area contributed by atoms with Crippen LogP contribution in [0.2, 0.25) is 0 Å². The summed E-state index contributed by atoms with van der Waals surface area (Å²) in [6.07, 6.45) is 5.34. The Kier molecular flexibility index (Phi) is 11.9. The number of fused-ring (bicyclic) bond motifs is 1. The predicted molar refractivity (Wildman–Crippen MR) is 181 cm³/mol. The zero-order valence-electron chi connectivity index (χ0n) is 26.3. The van der Waals surface area contributed by atoms with Crippen LogP contribution < -0.4 is 26.0 Å². The van der Waals surface area contributed by atoms with Gasteiger partial charge >= 0.3 is 0 Å². The number of unbranched alkanes of at least 4 members (excludes halogenated alkanes) is 1. The molecular weight excluding hydrogens is 609 g/mol. The first-order valence-electron chi connectivity index (χ1n) is 15.4. The minimum absolute atomic E-state index is 0.0298. The monoisotopic (exact) mass is 652 g/mol. The second kappa shape index (κ2) is 15.6. The number of nitrogens with zero attached hydrogens (tertiary/aromatic N) is 1. The maximum Gasteiger partial charge on any atom is 0.258 e. The number of nitrogens with two attached hydrogens (primary N) is 1. The molecule has 1 aliphatic heterocycles. The van der Waals surface area contributed by atoms with E-state index in [9.17, 15) is 18.0 Å². The SMILES string of the molecule is CCCCC1(CC)CN(c2ccccc2)c2cc(SC)c(OCC(=O)N[C@@H](C(=O)NCCN)c3ccccc3)cc2S(=O)(=O)C1. The van der Waals surface area contributed by atoms with Crippen LogP contribution in [-0.4, -0.2) is 58.5 Å². The molecule has 2 amide bonds. The number of nitrogens with one attached hydrogen (secondary N) is 2. The van der Waals surface area contributed by atoms with E-state index in [1.807, 2.05) is 48.7 Å². The van der Waals surface area contributed by atoms with Crippen molar-refractivity contribution in [1.29, 1.82) is 0 Å². The quantitative estimate of drug-likeness (QED) is 0.202. The lowest BCUT2D eigenvalue weighted by Gasteiger charge is -2.36. The topological polar surface area (TPSA) is 131 Å². The molecule has 0 aliphatic carbocycles. The van der Waals surface area contributed by atoms with Crippen molar-refractivity contribution in [2.24, 2.45) is 11.1 Å². The third-order valence-corrected chi connectivity index (χ3v) is 11.0. The van der Waals surface area contributed by atoms with E-state index < -0.39 is 33.8 Å². The molecule has 0 saturated heterocycles. The first kappa shape index (κ1) is 34.3. The molecule has 242 valence electrons. The van der Waals surface area contributed by atoms with Gasteiger partial charge in [-0.2, -0.15) is 0 Å². The summed E-state index contributed by atoms with van der Waals surface area (Å²) in [4.78, 5) is 29.0. The Hall–Kier alpha value is -3.54. The van der Waals surface area contributed by atoms with Crippen molar-refractivity contribution in [1.82, 2.24) is 10.6 Å². The van der Waals surface area contributed by atoms with E-state index in [0.717, 1.165) is 31.4 Å². The summed E-state index contributed by atoms with van der Waals surface area (Å²) in [6, 6.07) is 21.3. The van der Waals surface area contributed by atoms with Crippen molar-refractivity contribution >= 4 is 44.8 Å². The molecule has 0 spiro atoms. The van der Waals surface area contributed by atoms with Gasteiger partial charge in [-0.15, -0.1) is 11.8 Å². The number of sulfone groups is 1. The van der Waals surface area contributed by atoms with Crippen LogP contribution in [0.25, 0.3) is 0 Å². The summed E-state index contributed by atoms with van der Waals surface area (Å²) in [7, 11) is -3.73. The molecule has 0 aromatic heterocycles. The Morgan fingerprint density at radius 3 is 2.38 bits per heavy atom. The smallest absolute Gasteiger partial charge is 0.258 e. The first-order valence-corrected chi connectivity index (χ1v) is 18.3. The summed E-state index contributed by atoms with van der Waals surface area (Å²) in [5, 5.41) is 5.48. The van der Waals surface area contributed by atoms with Gasteiger partial charge in [-0.05, 0) is 42.9 Å². The van der Waals surface area contributed by atoms with Crippen molar-refractivity contribution in [2.45, 2.75) is 55.4 Å². The minimum atomic E-state index is -3.73. The van der Waals surface area contributed by atoms with Gasteiger partial charge in [0.1, 0.15) is 11.8 Å². The largest absolute Gasteiger partial charge is 0.483 e. The molecule has 9 nitrogen and oxygen atoms in total. The highest BCUT2D eigenvalue weighted by Crippen LogP contribution is 2.47. The fourth-order valence-electron chi connectivity index (χ4n) is 5.73. The number of thioether (sulfide) groups is 1. The van der Waals surface area contributed by atoms with E-state index in [1.54, 1.807) is 30.3 Å². The summed E-state index contributed by atoms with van der Waals surface area (Å²) >= 11 is 1.41. The van der Waals surface area contributed by atoms with Crippen molar-refractivity contribution in [3.05, 3.63) is 78.4 Å². The summed E-state index contributed by atoms with van der Waals surface area (Å²) in [6.45, 7) is 4.90. The Morgan fingerprint density at radius 2 is 1.76 bits per heavy atom. The molecule has 0 bridgehead atoms. The number of carbonyl (C=O) groups is 2. The Labute approximate surface area is 271 Å². The molecular formula is C34H44N4O5S2. The number of para-hydroxylation sites is 1. The zero-order valence-corrected chi connectivity index (χ0v) is 27.9. The van der Waals surface area contributed by atoms with E-state index in [-0.39, 0.29) is 29.6 Å². The van der Waals surface area contributed by atoms with Gasteiger partial charge in [0.05, 0.1) is 21.2 Å². The van der Waals surface area contributed by atoms with Crippen molar-refractivity contribution in [3.8, 4) is 5.75 Å². The van der Waals surface area contributed by atoms with Crippen LogP contribution in [0.1, 0.15) is 51.1 Å². The molecule has 3 aromatic carbocycles. The van der Waals surface area contributed by atoms with Gasteiger partial charge < -0.3 is 26.0 Å².